The van der Waals surface area contributed by atoms with Gasteiger partial charge in [-0.2, -0.15) is 0 Å². The maximum absolute atomic E-state index is 11.8. The summed E-state index contributed by atoms with van der Waals surface area (Å²) in [4.78, 5) is 30.4. The quantitative estimate of drug-likeness (QED) is 0.351. The number of rotatable bonds is 6. The summed E-state index contributed by atoms with van der Waals surface area (Å²) in [5.74, 6) is 0.730. The molecule has 3 rings (SSSR count). The first-order chi connectivity index (χ1) is 14.5. The first-order valence-electron chi connectivity index (χ1n) is 9.46. The second-order valence-electron chi connectivity index (χ2n) is 6.47. The molecule has 0 unspecified atom stereocenters. The Bertz CT molecular complexity index is 917. The number of carbonyl (C=O) groups is 2. The molecule has 2 aromatic heterocycles. The number of hydrogen-bond acceptors (Lipinski definition) is 7. The molecule has 1 aromatic carbocycles. The Morgan fingerprint density at radius 1 is 1.03 bits per heavy atom. The van der Waals surface area contributed by atoms with E-state index in [-0.39, 0.29) is 24.3 Å². The minimum absolute atomic E-state index is 0.00463. The van der Waals surface area contributed by atoms with E-state index >= 15 is 0 Å². The summed E-state index contributed by atoms with van der Waals surface area (Å²) in [6.45, 7) is 4.04. The minimum Gasteiger partial charge on any atom is -0.469 e. The Morgan fingerprint density at radius 3 is 2.27 bits per heavy atom. The summed E-state index contributed by atoms with van der Waals surface area (Å²) in [7, 11) is 1.39. The number of methoxy groups -OCH3 is 1. The molecule has 0 fully saturated rings. The molecule has 0 spiro atoms. The zero-order valence-electron chi connectivity index (χ0n) is 17.3. The van der Waals surface area contributed by atoms with Crippen LogP contribution >= 0.6 is 0 Å². The van der Waals surface area contributed by atoms with Gasteiger partial charge in [0.25, 0.3) is 0 Å². The number of carbonyl (C=O) groups excluding carboxylic acids is 2. The highest BCUT2D eigenvalue weighted by molar-refractivity contribution is 5.72. The third-order valence-electron chi connectivity index (χ3n) is 3.79. The monoisotopic (exact) mass is 409 g/mol. The van der Waals surface area contributed by atoms with Gasteiger partial charge in [0, 0.05) is 24.0 Å². The number of nitrogens with zero attached hydrogens (tertiary/aromatic N) is 4. The topological polar surface area (TPSA) is 95.2 Å². The molecule has 0 aliphatic carbocycles. The molecule has 0 atom stereocenters. The standard InChI is InChI=1S/C17H15N4O2.C5H10O2/c22-16(23-15-5-2-1-3-6-15)8-12-21-11-7-14(13-20-21)17-18-9-4-10-19-17;1-4(2)5(6)7-3/h1-7,9-11,13H,8,12H2;4H,1-3H3/q+1;. The Balaban J connectivity index is 0.000000396. The van der Waals surface area contributed by atoms with Crippen molar-refractivity contribution < 1.29 is 23.7 Å². The molecule has 156 valence electrons. The van der Waals surface area contributed by atoms with Crippen LogP contribution in [0.25, 0.3) is 11.4 Å². The second-order valence-corrected chi connectivity index (χ2v) is 6.47. The van der Waals surface area contributed by atoms with E-state index in [0.717, 1.165) is 5.56 Å². The van der Waals surface area contributed by atoms with Crippen molar-refractivity contribution in [1.29, 1.82) is 0 Å². The predicted octanol–water partition coefficient (Wildman–Crippen LogP) is 2.64. The van der Waals surface area contributed by atoms with Crippen LogP contribution < -0.4 is 9.42 Å². The van der Waals surface area contributed by atoms with Crippen molar-refractivity contribution >= 4 is 11.9 Å². The van der Waals surface area contributed by atoms with E-state index in [9.17, 15) is 9.59 Å². The van der Waals surface area contributed by atoms with E-state index in [1.54, 1.807) is 61.5 Å². The van der Waals surface area contributed by atoms with Gasteiger partial charge >= 0.3 is 11.9 Å². The molecule has 8 heteroatoms. The van der Waals surface area contributed by atoms with E-state index in [1.807, 2.05) is 24.3 Å². The molecule has 3 aromatic rings. The van der Waals surface area contributed by atoms with Crippen LogP contribution in [-0.2, 0) is 20.9 Å². The van der Waals surface area contributed by atoms with Gasteiger partial charge in [0.15, 0.2) is 18.6 Å². The van der Waals surface area contributed by atoms with Crippen molar-refractivity contribution in [3.05, 3.63) is 67.3 Å². The Kier molecular flexibility index (Phi) is 9.05. The number of aryl methyl sites for hydroxylation is 1. The Morgan fingerprint density at radius 2 is 1.73 bits per heavy atom. The van der Waals surface area contributed by atoms with Crippen LogP contribution in [0.2, 0.25) is 0 Å². The van der Waals surface area contributed by atoms with Crippen LogP contribution in [-0.4, -0.2) is 34.1 Å². The highest BCUT2D eigenvalue weighted by Crippen LogP contribution is 2.10. The highest BCUT2D eigenvalue weighted by Gasteiger charge is 2.11. The molecule has 30 heavy (non-hydrogen) atoms. The van der Waals surface area contributed by atoms with Crippen LogP contribution in [0.1, 0.15) is 20.3 Å². The van der Waals surface area contributed by atoms with Crippen molar-refractivity contribution in [2.45, 2.75) is 26.8 Å². The lowest BCUT2D eigenvalue weighted by atomic mass is 10.2. The van der Waals surface area contributed by atoms with Gasteiger partial charge in [0.1, 0.15) is 18.4 Å². The van der Waals surface area contributed by atoms with Gasteiger partial charge in [0.05, 0.1) is 13.0 Å². The smallest absolute Gasteiger partial charge is 0.317 e. The third kappa shape index (κ3) is 7.75. The van der Waals surface area contributed by atoms with Crippen molar-refractivity contribution in [3.63, 3.8) is 0 Å². The van der Waals surface area contributed by atoms with E-state index in [4.69, 9.17) is 4.74 Å². The number of benzene rings is 1. The van der Waals surface area contributed by atoms with E-state index in [2.05, 4.69) is 19.8 Å². The Labute approximate surface area is 175 Å². The van der Waals surface area contributed by atoms with E-state index in [0.29, 0.717) is 18.1 Å². The van der Waals surface area contributed by atoms with E-state index in [1.165, 1.54) is 7.11 Å². The van der Waals surface area contributed by atoms with Gasteiger partial charge in [-0.05, 0) is 23.3 Å². The maximum atomic E-state index is 11.8. The van der Waals surface area contributed by atoms with Crippen LogP contribution in [0, 0.1) is 5.92 Å². The zero-order valence-corrected chi connectivity index (χ0v) is 17.3. The molecule has 0 amide bonds. The fourth-order valence-electron chi connectivity index (χ4n) is 2.21. The molecule has 2 heterocycles. The van der Waals surface area contributed by atoms with Gasteiger partial charge < -0.3 is 9.47 Å². The summed E-state index contributed by atoms with van der Waals surface area (Å²) in [5.41, 5.74) is 0.828. The summed E-state index contributed by atoms with van der Waals surface area (Å²) in [6, 6.07) is 12.6. The fourth-order valence-corrected chi connectivity index (χ4v) is 2.21. The van der Waals surface area contributed by atoms with Crippen LogP contribution in [0.5, 0.6) is 5.75 Å². The molecule has 8 nitrogen and oxygen atoms in total. The van der Waals surface area contributed by atoms with Crippen LogP contribution in [0.3, 0.4) is 0 Å². The predicted molar refractivity (Wildman–Crippen MR) is 109 cm³/mol. The van der Waals surface area contributed by atoms with Crippen molar-refractivity contribution in [2.75, 3.05) is 7.11 Å². The third-order valence-corrected chi connectivity index (χ3v) is 3.79. The first-order valence-corrected chi connectivity index (χ1v) is 9.46. The SMILES string of the molecule is COC(=O)C(C)C.O=C(CC[n+]1ccc(-c2ncccn2)cn1)Oc1ccccc1. The molecule has 0 N–H and O–H groups in total. The lowest BCUT2D eigenvalue weighted by molar-refractivity contribution is -0.752. The first kappa shape index (κ1) is 22.6. The summed E-state index contributed by atoms with van der Waals surface area (Å²) in [5, 5.41) is 4.26. The van der Waals surface area contributed by atoms with Crippen molar-refractivity contribution in [3.8, 4) is 17.1 Å². The number of aromatic nitrogens is 4. The number of esters is 2. The molecular formula is C22H25N4O4+. The van der Waals surface area contributed by atoms with Gasteiger partial charge in [-0.25, -0.2) is 9.97 Å². The fraction of sp³-hybridized carbons (Fsp3) is 0.273. The van der Waals surface area contributed by atoms with Crippen molar-refractivity contribution in [2.24, 2.45) is 5.92 Å². The minimum atomic E-state index is -0.291. The normalized spacial score (nSPS) is 10.0. The molecular weight excluding hydrogens is 384 g/mol. The zero-order chi connectivity index (χ0) is 21.8. The van der Waals surface area contributed by atoms with Gasteiger partial charge in [-0.1, -0.05) is 36.7 Å². The maximum Gasteiger partial charge on any atom is 0.317 e. The van der Waals surface area contributed by atoms with Crippen LogP contribution in [0.4, 0.5) is 0 Å². The van der Waals surface area contributed by atoms with Crippen molar-refractivity contribution in [1.82, 2.24) is 15.1 Å². The van der Waals surface area contributed by atoms with E-state index < -0.39 is 0 Å². The summed E-state index contributed by atoms with van der Waals surface area (Å²) in [6.07, 6.45) is 7.08. The molecule has 0 aliphatic heterocycles. The lowest BCUT2D eigenvalue weighted by Crippen LogP contribution is -2.38. The van der Waals surface area contributed by atoms with Gasteiger partial charge in [-0.15, -0.1) is 0 Å². The number of para-hydroxylation sites is 1. The number of ether oxygens (including phenoxy) is 2. The molecule has 0 saturated heterocycles. The largest absolute Gasteiger partial charge is 0.469 e. The molecule has 0 radical (unpaired) electrons. The second kappa shape index (κ2) is 12.0. The Hall–Kier alpha value is -3.68. The summed E-state index contributed by atoms with van der Waals surface area (Å²) < 4.78 is 11.3. The average molecular weight is 409 g/mol. The van der Waals surface area contributed by atoms with Gasteiger partial charge in [-0.3, -0.25) is 9.59 Å². The summed E-state index contributed by atoms with van der Waals surface area (Å²) >= 11 is 0. The highest BCUT2D eigenvalue weighted by atomic mass is 16.5. The molecule has 0 saturated carbocycles. The average Bonchev–Trinajstić information content (AvgIpc) is 2.79. The lowest BCUT2D eigenvalue weighted by Gasteiger charge is -2.02. The number of hydrogen-bond donors (Lipinski definition) is 0. The molecule has 0 aliphatic rings. The molecule has 0 bridgehead atoms. The van der Waals surface area contributed by atoms with Crippen LogP contribution in [0.15, 0.2) is 67.3 Å². The van der Waals surface area contributed by atoms with Gasteiger partial charge in [0.2, 0.25) is 0 Å².